The van der Waals surface area contributed by atoms with Crippen LogP contribution in [-0.4, -0.2) is 17.7 Å². The molecule has 2 aliphatic rings. The van der Waals surface area contributed by atoms with E-state index in [4.69, 9.17) is 11.4 Å². The molecule has 0 fully saturated rings. The standard InChI is InChI=1S/C29H33FN4/c1-10-18(4)29-33-26(14-27(17(2)3)34(29)9)22(8)31-15-23-11-12-25(30)24(13-23)16-32-28-20(6)19(5)21(28)7/h1,11-14,20,31-32H,2,5,8,15-16H2,3-4,6-7,9H3/b29-18-. The minimum Gasteiger partial charge on any atom is -0.383 e. The Labute approximate surface area is 203 Å². The van der Waals surface area contributed by atoms with Crippen LogP contribution in [0.25, 0.3) is 0 Å². The highest BCUT2D eigenvalue weighted by molar-refractivity contribution is 6.09. The van der Waals surface area contributed by atoms with Crippen LogP contribution in [0.5, 0.6) is 0 Å². The maximum atomic E-state index is 14.4. The van der Waals surface area contributed by atoms with Gasteiger partial charge in [-0.1, -0.05) is 38.6 Å². The first-order chi connectivity index (χ1) is 16.0. The van der Waals surface area contributed by atoms with Crippen LogP contribution >= 0.6 is 0 Å². The molecule has 1 aromatic carbocycles. The van der Waals surface area contributed by atoms with Gasteiger partial charge >= 0.3 is 0 Å². The van der Waals surface area contributed by atoms with Gasteiger partial charge in [0, 0.05) is 48.6 Å². The fourth-order valence-electron chi connectivity index (χ4n) is 4.09. The van der Waals surface area contributed by atoms with Gasteiger partial charge in [-0.25, -0.2) is 9.38 Å². The van der Waals surface area contributed by atoms with E-state index in [1.807, 2.05) is 44.9 Å². The molecule has 3 rings (SSSR count). The van der Waals surface area contributed by atoms with Crippen molar-refractivity contribution in [2.75, 3.05) is 7.05 Å². The normalized spacial score (nSPS) is 19.0. The number of hydrogen-bond donors (Lipinski definition) is 2. The van der Waals surface area contributed by atoms with E-state index in [2.05, 4.69) is 43.2 Å². The SMILES string of the molecule is C#C/C(C)=C1/N=C(C(=C)NCc2ccc(F)c(CNC3=C(C)C(=C)C3C)c2)C=C(C(=C)C)N1C. The number of nitrogens with one attached hydrogen (secondary N) is 2. The third-order valence-electron chi connectivity index (χ3n) is 6.40. The summed E-state index contributed by atoms with van der Waals surface area (Å²) < 4.78 is 14.4. The molecule has 1 aromatic rings. The molecule has 1 aliphatic carbocycles. The maximum absolute atomic E-state index is 14.4. The summed E-state index contributed by atoms with van der Waals surface area (Å²) >= 11 is 0. The maximum Gasteiger partial charge on any atom is 0.144 e. The number of aliphatic imine (C=N–C) groups is 1. The molecule has 0 saturated carbocycles. The molecular weight excluding hydrogens is 423 g/mol. The van der Waals surface area contributed by atoms with Crippen molar-refractivity contribution in [1.29, 1.82) is 0 Å². The molecule has 1 unspecified atom stereocenters. The van der Waals surface area contributed by atoms with Crippen LogP contribution in [-0.2, 0) is 13.1 Å². The smallest absolute Gasteiger partial charge is 0.144 e. The van der Waals surface area contributed by atoms with Gasteiger partial charge in [-0.3, -0.25) is 0 Å². The van der Waals surface area contributed by atoms with E-state index in [9.17, 15) is 4.39 Å². The highest BCUT2D eigenvalue weighted by Gasteiger charge is 2.26. The Bertz CT molecular complexity index is 1230. The van der Waals surface area contributed by atoms with Gasteiger partial charge in [-0.2, -0.15) is 0 Å². The van der Waals surface area contributed by atoms with Gasteiger partial charge in [-0.05, 0) is 61.3 Å². The van der Waals surface area contributed by atoms with Crippen LogP contribution in [0, 0.1) is 24.1 Å². The minimum atomic E-state index is -0.229. The number of halogens is 1. The van der Waals surface area contributed by atoms with Gasteiger partial charge in [-0.15, -0.1) is 6.42 Å². The average Bonchev–Trinajstić information content (AvgIpc) is 2.83. The molecular formula is C29H33FN4. The number of likely N-dealkylation sites (N-methyl/N-ethyl adjacent to an activating group) is 1. The lowest BCUT2D eigenvalue weighted by molar-refractivity contribution is 0.513. The predicted molar refractivity (Wildman–Crippen MR) is 140 cm³/mol. The first kappa shape index (κ1) is 24.9. The number of allylic oxidation sites excluding steroid dienone is 5. The molecule has 0 amide bonds. The molecule has 1 aliphatic heterocycles. The van der Waals surface area contributed by atoms with E-state index >= 15 is 0 Å². The van der Waals surface area contributed by atoms with Gasteiger partial charge in [0.2, 0.25) is 0 Å². The van der Waals surface area contributed by atoms with Crippen LogP contribution < -0.4 is 10.6 Å². The van der Waals surface area contributed by atoms with E-state index in [0.717, 1.165) is 39.2 Å². The molecule has 176 valence electrons. The molecule has 0 radical (unpaired) electrons. The molecule has 2 N–H and O–H groups in total. The number of hydrogen-bond acceptors (Lipinski definition) is 4. The zero-order chi connectivity index (χ0) is 25.2. The zero-order valence-electron chi connectivity index (χ0n) is 20.8. The van der Waals surface area contributed by atoms with Gasteiger partial charge in [0.25, 0.3) is 0 Å². The Kier molecular flexibility index (Phi) is 7.32. The molecule has 0 saturated heterocycles. The monoisotopic (exact) mass is 456 g/mol. The summed E-state index contributed by atoms with van der Waals surface area (Å²) in [5.74, 6) is 3.42. The van der Waals surface area contributed by atoms with Crippen molar-refractivity contribution in [3.63, 3.8) is 0 Å². The van der Waals surface area contributed by atoms with E-state index in [1.54, 1.807) is 6.07 Å². The quantitative estimate of drug-likeness (QED) is 0.492. The van der Waals surface area contributed by atoms with Crippen LogP contribution in [0.15, 0.2) is 94.2 Å². The highest BCUT2D eigenvalue weighted by atomic mass is 19.1. The van der Waals surface area contributed by atoms with Crippen LogP contribution in [0.3, 0.4) is 0 Å². The van der Waals surface area contributed by atoms with Crippen LogP contribution in [0.4, 0.5) is 4.39 Å². The van der Waals surface area contributed by atoms with Crippen molar-refractivity contribution in [3.8, 4) is 12.3 Å². The average molecular weight is 457 g/mol. The highest BCUT2D eigenvalue weighted by Crippen LogP contribution is 2.36. The summed E-state index contributed by atoms with van der Waals surface area (Å²) in [6, 6.07) is 5.15. The van der Waals surface area contributed by atoms with Crippen molar-refractivity contribution in [3.05, 3.63) is 106 Å². The van der Waals surface area contributed by atoms with E-state index in [1.165, 1.54) is 6.07 Å². The van der Waals surface area contributed by atoms with Gasteiger partial charge in [0.1, 0.15) is 11.6 Å². The molecule has 0 aromatic heterocycles. The van der Waals surface area contributed by atoms with Gasteiger partial charge in [0.05, 0.1) is 11.4 Å². The summed E-state index contributed by atoms with van der Waals surface area (Å²) in [5, 5.41) is 6.69. The molecule has 34 heavy (non-hydrogen) atoms. The van der Waals surface area contributed by atoms with Crippen molar-refractivity contribution >= 4 is 5.71 Å². The Morgan fingerprint density at radius 3 is 2.59 bits per heavy atom. The van der Waals surface area contributed by atoms with Crippen molar-refractivity contribution in [2.45, 2.75) is 40.8 Å². The second-order valence-electron chi connectivity index (χ2n) is 8.86. The fraction of sp³-hybridized carbons (Fsp3) is 0.276. The Hall–Kier alpha value is -3.78. The van der Waals surface area contributed by atoms with E-state index in [0.29, 0.717) is 41.8 Å². The van der Waals surface area contributed by atoms with Gasteiger partial charge in [0.15, 0.2) is 0 Å². The number of rotatable bonds is 8. The summed E-state index contributed by atoms with van der Waals surface area (Å²) in [7, 11) is 1.92. The fourth-order valence-corrected chi connectivity index (χ4v) is 4.09. The first-order valence-electron chi connectivity index (χ1n) is 11.3. The number of benzene rings is 1. The topological polar surface area (TPSA) is 39.7 Å². The van der Waals surface area contributed by atoms with E-state index < -0.39 is 0 Å². The Morgan fingerprint density at radius 1 is 1.26 bits per heavy atom. The summed E-state index contributed by atoms with van der Waals surface area (Å²) in [4.78, 5) is 6.65. The van der Waals surface area contributed by atoms with Crippen LogP contribution in [0.1, 0.15) is 38.8 Å². The van der Waals surface area contributed by atoms with Crippen molar-refractivity contribution < 1.29 is 4.39 Å². The Morgan fingerprint density at radius 2 is 1.97 bits per heavy atom. The van der Waals surface area contributed by atoms with Gasteiger partial charge < -0.3 is 15.5 Å². The molecule has 0 bridgehead atoms. The van der Waals surface area contributed by atoms with Crippen molar-refractivity contribution in [1.82, 2.24) is 15.5 Å². The Balaban J connectivity index is 1.73. The lowest BCUT2D eigenvalue weighted by Crippen LogP contribution is -2.29. The lowest BCUT2D eigenvalue weighted by atomic mass is 9.80. The zero-order valence-corrected chi connectivity index (χ0v) is 20.8. The lowest BCUT2D eigenvalue weighted by Gasteiger charge is -2.32. The second kappa shape index (κ2) is 10.0. The molecule has 1 atom stereocenters. The third-order valence-corrected chi connectivity index (χ3v) is 6.40. The van der Waals surface area contributed by atoms with Crippen molar-refractivity contribution in [2.24, 2.45) is 10.9 Å². The second-order valence-corrected chi connectivity index (χ2v) is 8.86. The minimum absolute atomic E-state index is 0.229. The first-order valence-corrected chi connectivity index (χ1v) is 11.3. The molecule has 1 heterocycles. The molecule has 4 nitrogen and oxygen atoms in total. The molecule has 0 spiro atoms. The summed E-state index contributed by atoms with van der Waals surface area (Å²) in [5.41, 5.74) is 8.88. The largest absolute Gasteiger partial charge is 0.383 e. The number of nitrogens with zero attached hydrogens (tertiary/aromatic N) is 2. The summed E-state index contributed by atoms with van der Waals surface area (Å²) in [6.07, 6.45) is 7.56. The third kappa shape index (κ3) is 4.92. The van der Waals surface area contributed by atoms with Crippen LogP contribution in [0.2, 0.25) is 0 Å². The number of terminal acetylenes is 1. The molecule has 5 heteroatoms. The summed E-state index contributed by atoms with van der Waals surface area (Å²) in [6.45, 7) is 21.1. The predicted octanol–water partition coefficient (Wildman–Crippen LogP) is 5.71. The van der Waals surface area contributed by atoms with E-state index in [-0.39, 0.29) is 5.82 Å².